The third-order valence-electron chi connectivity index (χ3n) is 5.49. The molecule has 3 N–H and O–H groups in total. The Labute approximate surface area is 209 Å². The summed E-state index contributed by atoms with van der Waals surface area (Å²) < 4.78 is 17.6. The summed E-state index contributed by atoms with van der Waals surface area (Å²) in [7, 11) is 3.14. The lowest BCUT2D eigenvalue weighted by Gasteiger charge is -2.08. The predicted molar refractivity (Wildman–Crippen MR) is 140 cm³/mol. The molecule has 10 nitrogen and oxygen atoms in total. The minimum atomic E-state index is -0.341. The number of para-hydroxylation sites is 2. The number of benzene rings is 2. The number of fused-ring (bicyclic) bond motifs is 2. The van der Waals surface area contributed by atoms with E-state index in [0.717, 1.165) is 5.56 Å². The fourth-order valence-electron chi connectivity index (χ4n) is 3.73. The monoisotopic (exact) mass is 490 g/mol. The van der Waals surface area contributed by atoms with Crippen LogP contribution in [0.15, 0.2) is 47.6 Å². The molecule has 0 aliphatic rings. The standard InChI is InChI=1S/C26H30N6O4/c1-16(2)36-13-7-12-28-26(33)22-23-25(31-19-9-6-5-8-18(19)30-23)32(24(22)27)29-15-17-10-11-20(34-3)21(14-17)35-4/h5-6,8-11,14-16H,7,12-13,27H2,1-4H3,(H,28,33). The van der Waals surface area contributed by atoms with Gasteiger partial charge in [-0.1, -0.05) is 12.1 Å². The molecule has 0 bridgehead atoms. The highest BCUT2D eigenvalue weighted by atomic mass is 16.5. The molecule has 0 radical (unpaired) electrons. The second-order valence-corrected chi connectivity index (χ2v) is 8.34. The molecule has 2 aromatic carbocycles. The van der Waals surface area contributed by atoms with E-state index in [0.29, 0.717) is 53.3 Å². The van der Waals surface area contributed by atoms with Crippen LogP contribution in [-0.4, -0.2) is 60.2 Å². The molecule has 0 saturated heterocycles. The van der Waals surface area contributed by atoms with E-state index in [-0.39, 0.29) is 23.4 Å². The van der Waals surface area contributed by atoms with E-state index in [9.17, 15) is 4.79 Å². The summed E-state index contributed by atoms with van der Waals surface area (Å²) in [5.74, 6) is 0.981. The third-order valence-corrected chi connectivity index (χ3v) is 5.49. The number of hydrogen-bond donors (Lipinski definition) is 2. The zero-order chi connectivity index (χ0) is 25.7. The summed E-state index contributed by atoms with van der Waals surface area (Å²) in [6.45, 7) is 4.93. The first-order valence-electron chi connectivity index (χ1n) is 11.7. The molecule has 0 unspecified atom stereocenters. The van der Waals surface area contributed by atoms with Crippen molar-refractivity contribution < 1.29 is 19.0 Å². The van der Waals surface area contributed by atoms with E-state index in [1.54, 1.807) is 32.6 Å². The molecule has 0 saturated carbocycles. The number of hydrogen-bond acceptors (Lipinski definition) is 8. The van der Waals surface area contributed by atoms with Crippen molar-refractivity contribution in [1.82, 2.24) is 20.0 Å². The second kappa shape index (κ2) is 11.0. The Morgan fingerprint density at radius 3 is 2.53 bits per heavy atom. The topological polar surface area (TPSA) is 126 Å². The van der Waals surface area contributed by atoms with Gasteiger partial charge in [0.2, 0.25) is 0 Å². The average Bonchev–Trinajstić information content (AvgIpc) is 3.15. The molecule has 0 spiro atoms. The van der Waals surface area contributed by atoms with Crippen LogP contribution in [0.25, 0.3) is 22.2 Å². The number of carbonyl (C=O) groups excluding carboxylic acids is 1. The summed E-state index contributed by atoms with van der Waals surface area (Å²) in [6.07, 6.45) is 2.43. The Morgan fingerprint density at radius 2 is 1.83 bits per heavy atom. The Hall–Kier alpha value is -4.18. The molecule has 0 aliphatic heterocycles. The van der Waals surface area contributed by atoms with E-state index in [1.807, 2.05) is 44.2 Å². The van der Waals surface area contributed by atoms with Crippen LogP contribution in [-0.2, 0) is 4.74 Å². The normalized spacial score (nSPS) is 11.6. The molecular formula is C26H30N6O4. The first kappa shape index (κ1) is 24.9. The van der Waals surface area contributed by atoms with Gasteiger partial charge in [-0.05, 0) is 56.2 Å². The van der Waals surface area contributed by atoms with Gasteiger partial charge in [-0.25, -0.2) is 9.97 Å². The first-order chi connectivity index (χ1) is 17.4. The van der Waals surface area contributed by atoms with E-state index >= 15 is 0 Å². The number of rotatable bonds is 10. The largest absolute Gasteiger partial charge is 0.493 e. The van der Waals surface area contributed by atoms with Crippen molar-refractivity contribution in [2.24, 2.45) is 5.10 Å². The van der Waals surface area contributed by atoms with Gasteiger partial charge in [0.1, 0.15) is 16.9 Å². The highest BCUT2D eigenvalue weighted by molar-refractivity contribution is 6.10. The van der Waals surface area contributed by atoms with Crippen LogP contribution in [0.4, 0.5) is 5.82 Å². The van der Waals surface area contributed by atoms with Crippen molar-refractivity contribution >= 4 is 40.1 Å². The summed E-state index contributed by atoms with van der Waals surface area (Å²) in [5.41, 5.74) is 9.53. The summed E-state index contributed by atoms with van der Waals surface area (Å²) in [4.78, 5) is 22.6. The number of nitrogens with two attached hydrogens (primary N) is 1. The Kier molecular flexibility index (Phi) is 7.65. The summed E-state index contributed by atoms with van der Waals surface area (Å²) >= 11 is 0. The average molecular weight is 491 g/mol. The predicted octanol–water partition coefficient (Wildman–Crippen LogP) is 3.61. The summed E-state index contributed by atoms with van der Waals surface area (Å²) in [6, 6.07) is 12.8. The number of anilines is 1. The lowest BCUT2D eigenvalue weighted by molar-refractivity contribution is 0.0757. The van der Waals surface area contributed by atoms with Gasteiger partial charge < -0.3 is 25.3 Å². The molecule has 10 heteroatoms. The molecule has 2 aromatic heterocycles. The van der Waals surface area contributed by atoms with Gasteiger partial charge in [0.15, 0.2) is 17.1 Å². The lowest BCUT2D eigenvalue weighted by atomic mass is 10.2. The van der Waals surface area contributed by atoms with Crippen molar-refractivity contribution in [3.05, 3.63) is 53.6 Å². The van der Waals surface area contributed by atoms with E-state index in [1.165, 1.54) is 4.68 Å². The second-order valence-electron chi connectivity index (χ2n) is 8.34. The van der Waals surface area contributed by atoms with Crippen LogP contribution in [0.1, 0.15) is 36.2 Å². The number of methoxy groups -OCH3 is 2. The van der Waals surface area contributed by atoms with Crippen LogP contribution >= 0.6 is 0 Å². The molecule has 1 amide bonds. The van der Waals surface area contributed by atoms with Gasteiger partial charge in [0.25, 0.3) is 5.91 Å². The van der Waals surface area contributed by atoms with Gasteiger partial charge in [-0.3, -0.25) is 4.79 Å². The lowest BCUT2D eigenvalue weighted by Crippen LogP contribution is -2.26. The maximum absolute atomic E-state index is 13.2. The van der Waals surface area contributed by atoms with Crippen LogP contribution in [0.5, 0.6) is 11.5 Å². The maximum Gasteiger partial charge on any atom is 0.257 e. The zero-order valence-electron chi connectivity index (χ0n) is 20.8. The quantitative estimate of drug-likeness (QED) is 0.257. The smallest absolute Gasteiger partial charge is 0.257 e. The Bertz CT molecular complexity index is 1410. The Morgan fingerprint density at radius 1 is 1.11 bits per heavy atom. The van der Waals surface area contributed by atoms with Gasteiger partial charge in [-0.2, -0.15) is 9.78 Å². The van der Waals surface area contributed by atoms with Gasteiger partial charge >= 0.3 is 0 Å². The number of nitrogens with zero attached hydrogens (tertiary/aromatic N) is 4. The van der Waals surface area contributed by atoms with Gasteiger partial charge in [0, 0.05) is 13.2 Å². The number of carbonyl (C=O) groups is 1. The SMILES string of the molecule is COc1ccc(C=Nn2c(N)c(C(=O)NCCCOC(C)C)c3nc4ccccc4nc32)cc1OC. The maximum atomic E-state index is 13.2. The number of aromatic nitrogens is 3. The molecule has 0 aliphatic carbocycles. The van der Waals surface area contributed by atoms with Crippen molar-refractivity contribution in [1.29, 1.82) is 0 Å². The molecule has 36 heavy (non-hydrogen) atoms. The van der Waals surface area contributed by atoms with E-state index < -0.39 is 0 Å². The van der Waals surface area contributed by atoms with Crippen LogP contribution in [0, 0.1) is 0 Å². The third kappa shape index (κ3) is 5.23. The van der Waals surface area contributed by atoms with Crippen LogP contribution < -0.4 is 20.5 Å². The fraction of sp³-hybridized carbons (Fsp3) is 0.308. The molecule has 2 heterocycles. The number of nitrogen functional groups attached to an aromatic ring is 1. The van der Waals surface area contributed by atoms with Gasteiger partial charge in [0.05, 0.1) is 37.6 Å². The molecule has 0 fully saturated rings. The van der Waals surface area contributed by atoms with Gasteiger partial charge in [-0.15, -0.1) is 0 Å². The van der Waals surface area contributed by atoms with Crippen molar-refractivity contribution in [2.75, 3.05) is 33.1 Å². The highest BCUT2D eigenvalue weighted by Gasteiger charge is 2.24. The van der Waals surface area contributed by atoms with Crippen LogP contribution in [0.2, 0.25) is 0 Å². The van der Waals surface area contributed by atoms with Crippen molar-refractivity contribution in [2.45, 2.75) is 26.4 Å². The molecule has 4 rings (SSSR count). The van der Waals surface area contributed by atoms with Crippen molar-refractivity contribution in [3.63, 3.8) is 0 Å². The molecule has 4 aromatic rings. The first-order valence-corrected chi connectivity index (χ1v) is 11.7. The van der Waals surface area contributed by atoms with Crippen molar-refractivity contribution in [3.8, 4) is 11.5 Å². The minimum Gasteiger partial charge on any atom is -0.493 e. The Balaban J connectivity index is 1.72. The highest BCUT2D eigenvalue weighted by Crippen LogP contribution is 2.29. The molecule has 188 valence electrons. The summed E-state index contributed by atoms with van der Waals surface area (Å²) in [5, 5.41) is 7.45. The molecular weight excluding hydrogens is 460 g/mol. The number of nitrogens with one attached hydrogen (secondary N) is 1. The zero-order valence-corrected chi connectivity index (χ0v) is 20.8. The number of amides is 1. The number of ether oxygens (including phenoxy) is 3. The molecule has 0 atom stereocenters. The van der Waals surface area contributed by atoms with E-state index in [4.69, 9.17) is 29.9 Å². The van der Waals surface area contributed by atoms with Crippen LogP contribution in [0.3, 0.4) is 0 Å². The minimum absolute atomic E-state index is 0.140. The fourth-order valence-corrected chi connectivity index (χ4v) is 3.73. The van der Waals surface area contributed by atoms with E-state index in [2.05, 4.69) is 10.4 Å².